The fourth-order valence-corrected chi connectivity index (χ4v) is 3.46. The lowest BCUT2D eigenvalue weighted by atomic mass is 9.98. The predicted octanol–water partition coefficient (Wildman–Crippen LogP) is 3.67. The van der Waals surface area contributed by atoms with Crippen molar-refractivity contribution in [1.82, 2.24) is 10.3 Å². The first-order valence-electron chi connectivity index (χ1n) is 7.67. The van der Waals surface area contributed by atoms with Gasteiger partial charge in [-0.05, 0) is 25.5 Å². The van der Waals surface area contributed by atoms with Gasteiger partial charge in [0.25, 0.3) is 0 Å². The van der Waals surface area contributed by atoms with Gasteiger partial charge in [-0.3, -0.25) is 0 Å². The summed E-state index contributed by atoms with van der Waals surface area (Å²) in [6.45, 7) is 6.08. The maximum Gasteiger partial charge on any atom is 0.127 e. The third kappa shape index (κ3) is 3.27. The zero-order valence-corrected chi connectivity index (χ0v) is 13.5. The first-order valence-corrected chi connectivity index (χ1v) is 8.55. The molecule has 0 bridgehead atoms. The summed E-state index contributed by atoms with van der Waals surface area (Å²) in [4.78, 5) is 4.62. The molecule has 1 aromatic carbocycles. The number of aryl methyl sites for hydroxylation is 1. The van der Waals surface area contributed by atoms with Crippen molar-refractivity contribution in [2.45, 2.75) is 39.2 Å². The molecule has 4 heteroatoms. The van der Waals surface area contributed by atoms with Crippen LogP contribution >= 0.6 is 11.3 Å². The highest BCUT2D eigenvalue weighted by molar-refractivity contribution is 7.09. The topological polar surface area (TPSA) is 34.2 Å². The highest BCUT2D eigenvalue weighted by atomic mass is 32.1. The molecule has 0 radical (unpaired) electrons. The molecule has 0 aliphatic carbocycles. The van der Waals surface area contributed by atoms with Gasteiger partial charge in [0, 0.05) is 29.8 Å². The van der Waals surface area contributed by atoms with E-state index >= 15 is 0 Å². The second-order valence-corrected chi connectivity index (χ2v) is 6.56. The van der Waals surface area contributed by atoms with Crippen LogP contribution in [-0.4, -0.2) is 18.1 Å². The van der Waals surface area contributed by atoms with E-state index in [1.807, 2.05) is 0 Å². The van der Waals surface area contributed by atoms with Crippen molar-refractivity contribution in [1.29, 1.82) is 0 Å². The monoisotopic (exact) mass is 302 g/mol. The van der Waals surface area contributed by atoms with Gasteiger partial charge in [-0.25, -0.2) is 4.98 Å². The second-order valence-electron chi connectivity index (χ2n) is 5.50. The predicted molar refractivity (Wildman–Crippen MR) is 87.2 cm³/mol. The molecule has 0 amide bonds. The molecule has 1 N–H and O–H groups in total. The van der Waals surface area contributed by atoms with E-state index < -0.39 is 0 Å². The van der Waals surface area contributed by atoms with Crippen LogP contribution in [0.5, 0.6) is 5.75 Å². The van der Waals surface area contributed by atoms with E-state index in [4.69, 9.17) is 4.74 Å². The smallest absolute Gasteiger partial charge is 0.127 e. The zero-order chi connectivity index (χ0) is 14.7. The Kier molecular flexibility index (Phi) is 4.56. The molecule has 1 aliphatic rings. The first-order chi connectivity index (χ1) is 10.3. The van der Waals surface area contributed by atoms with Crippen molar-refractivity contribution in [3.8, 4) is 5.75 Å². The number of ether oxygens (including phenoxy) is 1. The van der Waals surface area contributed by atoms with Crippen LogP contribution in [0, 0.1) is 6.92 Å². The highest BCUT2D eigenvalue weighted by Gasteiger charge is 2.22. The maximum absolute atomic E-state index is 5.88. The minimum atomic E-state index is 0.277. The molecule has 1 atom stereocenters. The van der Waals surface area contributed by atoms with Gasteiger partial charge in [0.05, 0.1) is 17.3 Å². The lowest BCUT2D eigenvalue weighted by molar-refractivity contribution is 0.347. The number of thiazole rings is 1. The van der Waals surface area contributed by atoms with Gasteiger partial charge >= 0.3 is 0 Å². The maximum atomic E-state index is 5.88. The number of hydrogen-bond acceptors (Lipinski definition) is 4. The highest BCUT2D eigenvalue weighted by Crippen LogP contribution is 2.34. The zero-order valence-electron chi connectivity index (χ0n) is 12.7. The molecular weight excluding hydrogens is 280 g/mol. The number of hydrogen-bond donors (Lipinski definition) is 1. The Labute approximate surface area is 130 Å². The Morgan fingerprint density at radius 3 is 3.10 bits per heavy atom. The Bertz CT molecular complexity index is 609. The lowest BCUT2D eigenvalue weighted by Crippen LogP contribution is -2.24. The number of fused-ring (bicyclic) bond motifs is 1. The van der Waals surface area contributed by atoms with E-state index in [-0.39, 0.29) is 6.04 Å². The van der Waals surface area contributed by atoms with Crippen molar-refractivity contribution in [2.24, 2.45) is 0 Å². The summed E-state index contributed by atoms with van der Waals surface area (Å²) in [6.07, 6.45) is 3.08. The van der Waals surface area contributed by atoms with Crippen molar-refractivity contribution in [2.75, 3.05) is 13.2 Å². The number of nitrogens with one attached hydrogen (secondary N) is 1. The van der Waals surface area contributed by atoms with Crippen molar-refractivity contribution in [3.63, 3.8) is 0 Å². The SMILES string of the molecule is CCCNC(Cc1csc(C)n1)c1cccc2c1OCC2. The fraction of sp³-hybridized carbons (Fsp3) is 0.471. The molecule has 21 heavy (non-hydrogen) atoms. The van der Waals surface area contributed by atoms with Gasteiger partial charge in [-0.1, -0.05) is 25.1 Å². The van der Waals surface area contributed by atoms with Gasteiger partial charge in [-0.15, -0.1) is 11.3 Å². The van der Waals surface area contributed by atoms with Crippen LogP contribution in [-0.2, 0) is 12.8 Å². The van der Waals surface area contributed by atoms with E-state index in [9.17, 15) is 0 Å². The van der Waals surface area contributed by atoms with E-state index in [0.29, 0.717) is 0 Å². The van der Waals surface area contributed by atoms with Crippen LogP contribution in [0.15, 0.2) is 23.6 Å². The summed E-state index contributed by atoms with van der Waals surface area (Å²) in [6, 6.07) is 6.79. The minimum Gasteiger partial charge on any atom is -0.493 e. The quantitative estimate of drug-likeness (QED) is 0.884. The van der Waals surface area contributed by atoms with Crippen LogP contribution in [0.25, 0.3) is 0 Å². The third-order valence-corrected chi connectivity index (χ3v) is 4.66. The molecule has 1 unspecified atom stereocenters. The van der Waals surface area contributed by atoms with Gasteiger partial charge in [-0.2, -0.15) is 0 Å². The van der Waals surface area contributed by atoms with Crippen molar-refractivity contribution < 1.29 is 4.74 Å². The van der Waals surface area contributed by atoms with Crippen LogP contribution in [0.1, 0.15) is 41.2 Å². The van der Waals surface area contributed by atoms with Crippen molar-refractivity contribution in [3.05, 3.63) is 45.4 Å². The number of benzene rings is 1. The molecule has 1 aromatic heterocycles. The minimum absolute atomic E-state index is 0.277. The molecule has 0 spiro atoms. The second kappa shape index (κ2) is 6.58. The molecule has 3 nitrogen and oxygen atoms in total. The van der Waals surface area contributed by atoms with Crippen molar-refractivity contribution >= 4 is 11.3 Å². The summed E-state index contributed by atoms with van der Waals surface area (Å²) < 4.78 is 5.88. The lowest BCUT2D eigenvalue weighted by Gasteiger charge is -2.20. The van der Waals surface area contributed by atoms with Gasteiger partial charge in [0.15, 0.2) is 0 Å². The van der Waals surface area contributed by atoms with E-state index in [1.54, 1.807) is 11.3 Å². The molecule has 0 fully saturated rings. The Hall–Kier alpha value is -1.39. The molecule has 3 rings (SSSR count). The molecule has 2 heterocycles. The summed E-state index contributed by atoms with van der Waals surface area (Å²) in [5, 5.41) is 6.96. The molecule has 2 aromatic rings. The number of aromatic nitrogens is 1. The van der Waals surface area contributed by atoms with E-state index in [2.05, 4.69) is 47.7 Å². The average molecular weight is 302 g/mol. The Morgan fingerprint density at radius 2 is 2.33 bits per heavy atom. The van der Waals surface area contributed by atoms with Gasteiger partial charge in [0.1, 0.15) is 5.75 Å². The summed E-state index contributed by atoms with van der Waals surface area (Å²) in [7, 11) is 0. The van der Waals surface area contributed by atoms with E-state index in [0.717, 1.165) is 43.2 Å². The summed E-state index contributed by atoms with van der Waals surface area (Å²) >= 11 is 1.72. The Balaban J connectivity index is 1.86. The van der Waals surface area contributed by atoms with Crippen LogP contribution in [0.3, 0.4) is 0 Å². The number of rotatable bonds is 6. The molecule has 112 valence electrons. The standard InChI is InChI=1S/C17H22N2OS/c1-3-8-18-16(10-14-11-21-12(2)19-14)15-6-4-5-13-7-9-20-17(13)15/h4-6,11,16,18H,3,7-10H2,1-2H3. The number of nitrogens with zero attached hydrogens (tertiary/aromatic N) is 1. The fourth-order valence-electron chi connectivity index (χ4n) is 2.84. The largest absolute Gasteiger partial charge is 0.493 e. The first kappa shape index (κ1) is 14.5. The summed E-state index contributed by atoms with van der Waals surface area (Å²) in [5.41, 5.74) is 3.79. The molecule has 1 aliphatic heterocycles. The van der Waals surface area contributed by atoms with Crippen LogP contribution in [0.2, 0.25) is 0 Å². The molecular formula is C17H22N2OS. The van der Waals surface area contributed by atoms with Crippen LogP contribution < -0.4 is 10.1 Å². The average Bonchev–Trinajstić information content (AvgIpc) is 3.11. The van der Waals surface area contributed by atoms with Gasteiger partial charge < -0.3 is 10.1 Å². The normalized spacial score (nSPS) is 14.8. The molecule has 0 saturated carbocycles. The Morgan fingerprint density at radius 1 is 1.43 bits per heavy atom. The molecule has 0 saturated heterocycles. The number of para-hydroxylation sites is 1. The summed E-state index contributed by atoms with van der Waals surface area (Å²) in [5.74, 6) is 1.10. The van der Waals surface area contributed by atoms with Gasteiger partial charge in [0.2, 0.25) is 0 Å². The van der Waals surface area contributed by atoms with E-state index in [1.165, 1.54) is 16.8 Å². The third-order valence-electron chi connectivity index (χ3n) is 3.84. The van der Waals surface area contributed by atoms with Crippen LogP contribution in [0.4, 0.5) is 0 Å².